The van der Waals surface area contributed by atoms with Crippen LogP contribution in [-0.4, -0.2) is 46.8 Å². The molecule has 0 unspecified atom stereocenters. The number of nitrogens with zero attached hydrogens (tertiary/aromatic N) is 3. The zero-order valence-electron chi connectivity index (χ0n) is 14.6. The molecule has 0 aromatic carbocycles. The van der Waals surface area contributed by atoms with Crippen LogP contribution in [0.4, 0.5) is 0 Å². The van der Waals surface area contributed by atoms with Crippen LogP contribution in [0, 0.1) is 18.8 Å². The van der Waals surface area contributed by atoms with E-state index < -0.39 is 0 Å². The SMILES string of the molecule is CC#CC(=O)N1CCC(c2nc(C)cc(CCC(=O)NC)n2)CC1. The number of aromatic nitrogens is 2. The standard InChI is InChI=1S/C18H24N4O2/c1-4-5-17(24)22-10-8-14(9-11-22)18-20-13(2)12-15(21-18)6-7-16(23)19-3/h12,14H,6-11H2,1-3H3,(H,19,23). The van der Waals surface area contributed by atoms with E-state index in [2.05, 4.69) is 27.1 Å². The van der Waals surface area contributed by atoms with E-state index in [4.69, 9.17) is 0 Å². The van der Waals surface area contributed by atoms with E-state index in [9.17, 15) is 9.59 Å². The Morgan fingerprint density at radius 2 is 2.04 bits per heavy atom. The van der Waals surface area contributed by atoms with Crippen molar-refractivity contribution in [3.63, 3.8) is 0 Å². The van der Waals surface area contributed by atoms with Gasteiger partial charge in [0, 0.05) is 43.9 Å². The van der Waals surface area contributed by atoms with E-state index >= 15 is 0 Å². The van der Waals surface area contributed by atoms with Crippen LogP contribution in [0.15, 0.2) is 6.07 Å². The van der Waals surface area contributed by atoms with Gasteiger partial charge in [-0.1, -0.05) is 5.92 Å². The summed E-state index contributed by atoms with van der Waals surface area (Å²) in [6, 6.07) is 1.93. The maximum atomic E-state index is 11.8. The van der Waals surface area contributed by atoms with E-state index in [-0.39, 0.29) is 17.7 Å². The number of likely N-dealkylation sites (tertiary alicyclic amines) is 1. The second-order valence-corrected chi connectivity index (χ2v) is 5.97. The molecular formula is C18H24N4O2. The Labute approximate surface area is 143 Å². The third-order valence-electron chi connectivity index (χ3n) is 4.19. The van der Waals surface area contributed by atoms with Crippen LogP contribution in [0.3, 0.4) is 0 Å². The number of carbonyl (C=O) groups excluding carboxylic acids is 2. The number of hydrogen-bond acceptors (Lipinski definition) is 4. The van der Waals surface area contributed by atoms with Gasteiger partial charge in [-0.2, -0.15) is 0 Å². The molecule has 1 aliphatic heterocycles. The van der Waals surface area contributed by atoms with Crippen LogP contribution < -0.4 is 5.32 Å². The van der Waals surface area contributed by atoms with Crippen molar-refractivity contribution in [1.29, 1.82) is 0 Å². The van der Waals surface area contributed by atoms with Crippen molar-refractivity contribution < 1.29 is 9.59 Å². The fraction of sp³-hybridized carbons (Fsp3) is 0.556. The summed E-state index contributed by atoms with van der Waals surface area (Å²) in [4.78, 5) is 34.2. The zero-order chi connectivity index (χ0) is 17.5. The molecule has 2 amide bonds. The predicted molar refractivity (Wildman–Crippen MR) is 91.2 cm³/mol. The highest BCUT2D eigenvalue weighted by Crippen LogP contribution is 2.26. The molecule has 6 nitrogen and oxygen atoms in total. The first-order valence-electron chi connectivity index (χ1n) is 8.30. The van der Waals surface area contributed by atoms with Crippen molar-refractivity contribution in [2.75, 3.05) is 20.1 Å². The molecule has 1 saturated heterocycles. The Balaban J connectivity index is 2.01. The summed E-state index contributed by atoms with van der Waals surface area (Å²) < 4.78 is 0. The molecule has 2 heterocycles. The monoisotopic (exact) mass is 328 g/mol. The molecule has 1 aliphatic rings. The van der Waals surface area contributed by atoms with Crippen LogP contribution in [0.5, 0.6) is 0 Å². The molecule has 2 rings (SSSR count). The molecular weight excluding hydrogens is 304 g/mol. The van der Waals surface area contributed by atoms with E-state index in [1.165, 1.54) is 0 Å². The summed E-state index contributed by atoms with van der Waals surface area (Å²) in [7, 11) is 1.64. The van der Waals surface area contributed by atoms with Crippen molar-refractivity contribution >= 4 is 11.8 Å². The summed E-state index contributed by atoms with van der Waals surface area (Å²) in [5.74, 6) is 6.23. The minimum absolute atomic E-state index is 0.0108. The van der Waals surface area contributed by atoms with Crippen molar-refractivity contribution in [2.45, 2.75) is 45.4 Å². The van der Waals surface area contributed by atoms with Crippen LogP contribution in [-0.2, 0) is 16.0 Å². The number of aryl methyl sites for hydroxylation is 2. The first-order chi connectivity index (χ1) is 11.5. The number of rotatable bonds is 4. The highest BCUT2D eigenvalue weighted by molar-refractivity contribution is 5.93. The Hall–Kier alpha value is -2.42. The average molecular weight is 328 g/mol. The van der Waals surface area contributed by atoms with Crippen molar-refractivity contribution in [3.8, 4) is 11.8 Å². The second kappa shape index (κ2) is 8.44. The predicted octanol–water partition coefficient (Wildman–Crippen LogP) is 1.19. The molecule has 0 bridgehead atoms. The molecule has 1 N–H and O–H groups in total. The molecule has 24 heavy (non-hydrogen) atoms. The topological polar surface area (TPSA) is 75.2 Å². The van der Waals surface area contributed by atoms with Gasteiger partial charge in [-0.15, -0.1) is 0 Å². The van der Waals surface area contributed by atoms with E-state index in [0.717, 1.165) is 30.1 Å². The number of amides is 2. The maximum Gasteiger partial charge on any atom is 0.298 e. The number of nitrogens with one attached hydrogen (secondary N) is 1. The molecule has 0 saturated carbocycles. The lowest BCUT2D eigenvalue weighted by atomic mass is 9.95. The van der Waals surface area contributed by atoms with Gasteiger partial charge in [-0.3, -0.25) is 9.59 Å². The van der Waals surface area contributed by atoms with E-state index in [1.54, 1.807) is 18.9 Å². The minimum Gasteiger partial charge on any atom is -0.359 e. The minimum atomic E-state index is -0.104. The van der Waals surface area contributed by atoms with Gasteiger partial charge in [0.25, 0.3) is 5.91 Å². The summed E-state index contributed by atoms with van der Waals surface area (Å²) in [5, 5.41) is 2.62. The number of piperidine rings is 1. The Bertz CT molecular complexity index is 667. The molecule has 0 spiro atoms. The van der Waals surface area contributed by atoms with Gasteiger partial charge in [-0.25, -0.2) is 9.97 Å². The van der Waals surface area contributed by atoms with Crippen molar-refractivity contribution in [1.82, 2.24) is 20.2 Å². The molecule has 0 atom stereocenters. The molecule has 1 aromatic rings. The third kappa shape index (κ3) is 4.79. The number of carbonyl (C=O) groups is 2. The molecule has 0 radical (unpaired) electrons. The Morgan fingerprint density at radius 3 is 2.67 bits per heavy atom. The Kier molecular flexibility index (Phi) is 6.30. The van der Waals surface area contributed by atoms with Gasteiger partial charge >= 0.3 is 0 Å². The Morgan fingerprint density at radius 1 is 1.33 bits per heavy atom. The quantitative estimate of drug-likeness (QED) is 0.843. The van der Waals surface area contributed by atoms with Crippen LogP contribution in [0.25, 0.3) is 0 Å². The fourth-order valence-electron chi connectivity index (χ4n) is 2.86. The maximum absolute atomic E-state index is 11.8. The first-order valence-corrected chi connectivity index (χ1v) is 8.30. The third-order valence-corrected chi connectivity index (χ3v) is 4.19. The van der Waals surface area contributed by atoms with Crippen LogP contribution in [0.1, 0.15) is 49.3 Å². The lowest BCUT2D eigenvalue weighted by Crippen LogP contribution is -2.37. The zero-order valence-corrected chi connectivity index (χ0v) is 14.6. The average Bonchev–Trinajstić information content (AvgIpc) is 2.59. The van der Waals surface area contributed by atoms with Gasteiger partial charge in [0.05, 0.1) is 0 Å². The van der Waals surface area contributed by atoms with Gasteiger partial charge in [0.1, 0.15) is 5.82 Å². The highest BCUT2D eigenvalue weighted by Gasteiger charge is 2.25. The molecule has 128 valence electrons. The highest BCUT2D eigenvalue weighted by atomic mass is 16.2. The largest absolute Gasteiger partial charge is 0.359 e. The normalized spacial score (nSPS) is 14.7. The van der Waals surface area contributed by atoms with Crippen LogP contribution >= 0.6 is 0 Å². The molecule has 0 aliphatic carbocycles. The van der Waals surface area contributed by atoms with Crippen LogP contribution in [0.2, 0.25) is 0 Å². The smallest absolute Gasteiger partial charge is 0.298 e. The number of hydrogen-bond donors (Lipinski definition) is 1. The second-order valence-electron chi connectivity index (χ2n) is 5.97. The molecule has 1 fully saturated rings. The van der Waals surface area contributed by atoms with Crippen molar-refractivity contribution in [2.24, 2.45) is 0 Å². The molecule has 1 aromatic heterocycles. The lowest BCUT2D eigenvalue weighted by molar-refractivity contribution is -0.126. The van der Waals surface area contributed by atoms with Gasteiger partial charge < -0.3 is 10.2 Å². The summed E-state index contributed by atoms with van der Waals surface area (Å²) in [5.41, 5.74) is 1.82. The summed E-state index contributed by atoms with van der Waals surface area (Å²) >= 11 is 0. The van der Waals surface area contributed by atoms with E-state index in [1.807, 2.05) is 13.0 Å². The lowest BCUT2D eigenvalue weighted by Gasteiger charge is -2.30. The van der Waals surface area contributed by atoms with Crippen molar-refractivity contribution in [3.05, 3.63) is 23.3 Å². The van der Waals surface area contributed by atoms with Gasteiger partial charge in [0.2, 0.25) is 5.91 Å². The first kappa shape index (κ1) is 17.9. The summed E-state index contributed by atoms with van der Waals surface area (Å²) in [6.07, 6.45) is 2.72. The van der Waals surface area contributed by atoms with Gasteiger partial charge in [0.15, 0.2) is 0 Å². The summed E-state index contributed by atoms with van der Waals surface area (Å²) in [6.45, 7) is 4.99. The van der Waals surface area contributed by atoms with E-state index in [0.29, 0.717) is 25.9 Å². The molecule has 6 heteroatoms. The fourth-order valence-corrected chi connectivity index (χ4v) is 2.86. The van der Waals surface area contributed by atoms with Gasteiger partial charge in [-0.05, 0) is 45.1 Å².